The van der Waals surface area contributed by atoms with Gasteiger partial charge in [0.1, 0.15) is 5.78 Å². The Bertz CT molecular complexity index is 341. The van der Waals surface area contributed by atoms with E-state index in [1.807, 2.05) is 12.1 Å². The van der Waals surface area contributed by atoms with Crippen LogP contribution in [-0.2, 0) is 11.2 Å². The first-order valence-corrected chi connectivity index (χ1v) is 5.76. The van der Waals surface area contributed by atoms with E-state index in [1.54, 1.807) is 6.20 Å². The molecule has 1 aromatic rings. The molecule has 0 aliphatic rings. The van der Waals surface area contributed by atoms with Gasteiger partial charge in [-0.25, -0.2) is 0 Å². The summed E-state index contributed by atoms with van der Waals surface area (Å²) in [6.45, 7) is 1.53. The highest BCUT2D eigenvalue weighted by molar-refractivity contribution is 9.10. The lowest BCUT2D eigenvalue weighted by atomic mass is 10.1. The van der Waals surface area contributed by atoms with Gasteiger partial charge < -0.3 is 5.73 Å². The van der Waals surface area contributed by atoms with Crippen molar-refractivity contribution in [3.63, 3.8) is 0 Å². The van der Waals surface area contributed by atoms with E-state index < -0.39 is 0 Å². The second-order valence-electron chi connectivity index (χ2n) is 3.54. The van der Waals surface area contributed by atoms with Crippen LogP contribution in [0.25, 0.3) is 0 Å². The van der Waals surface area contributed by atoms with Gasteiger partial charge in [0.2, 0.25) is 0 Å². The Balaban J connectivity index is 2.38. The van der Waals surface area contributed by atoms with Crippen molar-refractivity contribution in [2.75, 3.05) is 0 Å². The van der Waals surface area contributed by atoms with Crippen LogP contribution in [0.3, 0.4) is 0 Å². The van der Waals surface area contributed by atoms with E-state index in [4.69, 9.17) is 5.73 Å². The fourth-order valence-electron chi connectivity index (χ4n) is 1.30. The number of pyridine rings is 1. The summed E-state index contributed by atoms with van der Waals surface area (Å²) in [6, 6.07) is 3.52. The van der Waals surface area contributed by atoms with E-state index in [0.717, 1.165) is 29.4 Å². The summed E-state index contributed by atoms with van der Waals surface area (Å²) in [7, 11) is 0. The van der Waals surface area contributed by atoms with Crippen LogP contribution < -0.4 is 5.73 Å². The van der Waals surface area contributed by atoms with Gasteiger partial charge in [-0.15, -0.1) is 0 Å². The lowest BCUT2D eigenvalue weighted by molar-refractivity contribution is -0.118. The molecule has 1 atom stereocenters. The maximum atomic E-state index is 10.9. The number of carbonyl (C=O) groups excluding carboxylic acids is 1. The third-order valence-corrected chi connectivity index (χ3v) is 3.01. The van der Waals surface area contributed by atoms with E-state index in [-0.39, 0.29) is 11.8 Å². The maximum Gasteiger partial charge on any atom is 0.146 e. The summed E-state index contributed by atoms with van der Waals surface area (Å²) in [5.41, 5.74) is 6.66. The van der Waals surface area contributed by atoms with Crippen molar-refractivity contribution < 1.29 is 4.79 Å². The van der Waals surface area contributed by atoms with Gasteiger partial charge >= 0.3 is 0 Å². The van der Waals surface area contributed by atoms with E-state index in [2.05, 4.69) is 20.9 Å². The molecule has 0 bridgehead atoms. The molecule has 0 aliphatic heterocycles. The van der Waals surface area contributed by atoms with Crippen molar-refractivity contribution in [2.45, 2.75) is 32.2 Å². The standard InChI is InChI=1S/C11H15BrN2O/c1-8(15)10(13)5-2-6-11-9(12)4-3-7-14-11/h3-4,7,10H,2,5-6,13H2,1H3. The van der Waals surface area contributed by atoms with Crippen molar-refractivity contribution in [3.05, 3.63) is 28.5 Å². The Kier molecular flexibility index (Phi) is 4.91. The normalized spacial score (nSPS) is 12.5. The van der Waals surface area contributed by atoms with Crippen LogP contribution in [0, 0.1) is 0 Å². The molecule has 1 unspecified atom stereocenters. The molecular formula is C11H15BrN2O. The molecule has 15 heavy (non-hydrogen) atoms. The molecule has 2 N–H and O–H groups in total. The van der Waals surface area contributed by atoms with Gasteiger partial charge in [0.05, 0.1) is 11.7 Å². The molecule has 0 saturated carbocycles. The number of nitrogens with two attached hydrogens (primary N) is 1. The molecular weight excluding hydrogens is 256 g/mol. The number of aryl methyl sites for hydroxylation is 1. The highest BCUT2D eigenvalue weighted by Crippen LogP contribution is 2.15. The highest BCUT2D eigenvalue weighted by Gasteiger charge is 2.08. The number of aromatic nitrogens is 1. The minimum Gasteiger partial charge on any atom is -0.322 e. The number of hydrogen-bond acceptors (Lipinski definition) is 3. The molecule has 0 fully saturated rings. The molecule has 0 aromatic carbocycles. The quantitative estimate of drug-likeness (QED) is 0.892. The number of rotatable bonds is 5. The number of nitrogens with zero attached hydrogens (tertiary/aromatic N) is 1. The van der Waals surface area contributed by atoms with Gasteiger partial charge in [-0.1, -0.05) is 0 Å². The van der Waals surface area contributed by atoms with Crippen LogP contribution in [0.5, 0.6) is 0 Å². The zero-order valence-electron chi connectivity index (χ0n) is 8.74. The van der Waals surface area contributed by atoms with E-state index in [0.29, 0.717) is 0 Å². The van der Waals surface area contributed by atoms with E-state index in [1.165, 1.54) is 6.92 Å². The Labute approximate surface area is 98.2 Å². The fourth-order valence-corrected chi connectivity index (χ4v) is 1.75. The van der Waals surface area contributed by atoms with Crippen molar-refractivity contribution in [1.82, 2.24) is 4.98 Å². The number of Topliss-reactive ketones (excluding diaryl/α,β-unsaturated/α-hetero) is 1. The summed E-state index contributed by atoms with van der Waals surface area (Å²) in [5.74, 6) is 0.0510. The van der Waals surface area contributed by atoms with Gasteiger partial charge in [-0.05, 0) is 54.2 Å². The number of ketones is 1. The van der Waals surface area contributed by atoms with E-state index >= 15 is 0 Å². The molecule has 0 aliphatic carbocycles. The summed E-state index contributed by atoms with van der Waals surface area (Å²) >= 11 is 3.43. The first-order chi connectivity index (χ1) is 7.11. The first kappa shape index (κ1) is 12.3. The minimum absolute atomic E-state index is 0.0510. The van der Waals surface area contributed by atoms with Crippen LogP contribution in [0.2, 0.25) is 0 Å². The SMILES string of the molecule is CC(=O)C(N)CCCc1ncccc1Br. The molecule has 3 nitrogen and oxygen atoms in total. The van der Waals surface area contributed by atoms with Crippen LogP contribution in [-0.4, -0.2) is 16.8 Å². The molecule has 1 aromatic heterocycles. The predicted molar refractivity (Wildman–Crippen MR) is 63.5 cm³/mol. The molecule has 82 valence electrons. The third kappa shape index (κ3) is 4.10. The Hall–Kier alpha value is -0.740. The molecule has 0 radical (unpaired) electrons. The third-order valence-electron chi connectivity index (χ3n) is 2.29. The zero-order valence-corrected chi connectivity index (χ0v) is 10.3. The highest BCUT2D eigenvalue weighted by atomic mass is 79.9. The first-order valence-electron chi connectivity index (χ1n) is 4.96. The van der Waals surface area contributed by atoms with Crippen LogP contribution in [0.1, 0.15) is 25.5 Å². The summed E-state index contributed by atoms with van der Waals surface area (Å²) in [6.07, 6.45) is 4.22. The van der Waals surface area contributed by atoms with Gasteiger partial charge in [0.25, 0.3) is 0 Å². The van der Waals surface area contributed by atoms with Crippen LogP contribution in [0.15, 0.2) is 22.8 Å². The lowest BCUT2D eigenvalue weighted by Gasteiger charge is -2.07. The molecule has 1 heterocycles. The van der Waals surface area contributed by atoms with Gasteiger partial charge in [0.15, 0.2) is 0 Å². The van der Waals surface area contributed by atoms with E-state index in [9.17, 15) is 4.79 Å². The average molecular weight is 271 g/mol. The van der Waals surface area contributed by atoms with Crippen molar-refractivity contribution in [3.8, 4) is 0 Å². The Morgan fingerprint density at radius 3 is 3.00 bits per heavy atom. The van der Waals surface area contributed by atoms with Crippen molar-refractivity contribution in [2.24, 2.45) is 5.73 Å². The maximum absolute atomic E-state index is 10.9. The molecule has 1 rings (SSSR count). The second kappa shape index (κ2) is 5.98. The summed E-state index contributed by atoms with van der Waals surface area (Å²) in [4.78, 5) is 15.2. The summed E-state index contributed by atoms with van der Waals surface area (Å²) in [5, 5.41) is 0. The number of carbonyl (C=O) groups is 1. The minimum atomic E-state index is -0.326. The number of hydrogen-bond donors (Lipinski definition) is 1. The Morgan fingerprint density at radius 2 is 2.40 bits per heavy atom. The molecule has 4 heteroatoms. The average Bonchev–Trinajstić information content (AvgIpc) is 2.20. The smallest absolute Gasteiger partial charge is 0.146 e. The largest absolute Gasteiger partial charge is 0.322 e. The topological polar surface area (TPSA) is 56.0 Å². The van der Waals surface area contributed by atoms with Gasteiger partial charge in [0, 0.05) is 10.7 Å². The fraction of sp³-hybridized carbons (Fsp3) is 0.455. The molecule has 0 spiro atoms. The van der Waals surface area contributed by atoms with Gasteiger partial charge in [-0.2, -0.15) is 0 Å². The van der Waals surface area contributed by atoms with Gasteiger partial charge in [-0.3, -0.25) is 9.78 Å². The monoisotopic (exact) mass is 270 g/mol. The molecule has 0 saturated heterocycles. The predicted octanol–water partition coefficient (Wildman–Crippen LogP) is 2.08. The van der Waals surface area contributed by atoms with Crippen LogP contribution in [0.4, 0.5) is 0 Å². The summed E-state index contributed by atoms with van der Waals surface area (Å²) < 4.78 is 1.02. The lowest BCUT2D eigenvalue weighted by Crippen LogP contribution is -2.28. The number of halogens is 1. The zero-order chi connectivity index (χ0) is 11.3. The van der Waals surface area contributed by atoms with Crippen LogP contribution >= 0.6 is 15.9 Å². The van der Waals surface area contributed by atoms with Crippen molar-refractivity contribution in [1.29, 1.82) is 0 Å². The van der Waals surface area contributed by atoms with Crippen molar-refractivity contribution >= 4 is 21.7 Å². The second-order valence-corrected chi connectivity index (χ2v) is 4.40. The molecule has 0 amide bonds. The Morgan fingerprint density at radius 1 is 1.67 bits per heavy atom.